The number of aryl methyl sites for hydroxylation is 2. The first-order valence-electron chi connectivity index (χ1n) is 9.54. The van der Waals surface area contributed by atoms with Gasteiger partial charge in [-0.25, -0.2) is 14.8 Å². The molecule has 1 amide bonds. The highest BCUT2D eigenvalue weighted by Crippen LogP contribution is 2.32. The number of benzene rings is 2. The zero-order valence-corrected chi connectivity index (χ0v) is 19.7. The molecule has 6 nitrogen and oxygen atoms in total. The summed E-state index contributed by atoms with van der Waals surface area (Å²) in [4.78, 5) is 35.0. The van der Waals surface area contributed by atoms with E-state index in [1.54, 1.807) is 23.6 Å². The second-order valence-corrected chi connectivity index (χ2v) is 8.82. The van der Waals surface area contributed by atoms with Crippen LogP contribution in [0.2, 0.25) is 10.0 Å². The molecular formula is C23H17Cl2N3O3S. The fourth-order valence-corrected chi connectivity index (χ4v) is 4.40. The van der Waals surface area contributed by atoms with Gasteiger partial charge in [0, 0.05) is 17.3 Å². The average molecular weight is 486 g/mol. The minimum atomic E-state index is -0.613. The second kappa shape index (κ2) is 8.86. The molecule has 4 rings (SSSR count). The Balaban J connectivity index is 1.65. The second-order valence-electron chi connectivity index (χ2n) is 7.14. The largest absolute Gasteiger partial charge is 0.402 e. The molecule has 1 aromatic heterocycles. The summed E-state index contributed by atoms with van der Waals surface area (Å²) in [5.74, 6) is -0.684. The lowest BCUT2D eigenvalue weighted by atomic mass is 10.1. The standard InChI is InChI=1S/C23H17Cl2N3O3S/c1-12-4-6-17(8-13(12)2)28(14(3)29)23-26-16(11-32-23)10-20-22(30)31-21(27-20)18-7-5-15(24)9-19(18)25/h4-11H,1-3H3/b20-10+. The van der Waals surface area contributed by atoms with Crippen molar-refractivity contribution in [2.75, 3.05) is 4.90 Å². The van der Waals surface area contributed by atoms with Crippen molar-refractivity contribution in [3.05, 3.63) is 79.9 Å². The van der Waals surface area contributed by atoms with Crippen molar-refractivity contribution < 1.29 is 14.3 Å². The number of nitrogens with zero attached hydrogens (tertiary/aromatic N) is 3. The van der Waals surface area contributed by atoms with Crippen molar-refractivity contribution in [2.45, 2.75) is 20.8 Å². The number of ether oxygens (including phenoxy) is 1. The molecule has 0 atom stereocenters. The molecule has 2 aromatic carbocycles. The van der Waals surface area contributed by atoms with Crippen LogP contribution in [-0.2, 0) is 14.3 Å². The number of aromatic nitrogens is 1. The van der Waals surface area contributed by atoms with Crippen molar-refractivity contribution in [3.8, 4) is 0 Å². The minimum Gasteiger partial charge on any atom is -0.402 e. The zero-order chi connectivity index (χ0) is 23.0. The minimum absolute atomic E-state index is 0.0865. The number of cyclic esters (lactones) is 1. The maximum atomic E-state index is 12.4. The van der Waals surface area contributed by atoms with Gasteiger partial charge >= 0.3 is 5.97 Å². The molecular weight excluding hydrogens is 469 g/mol. The Morgan fingerprint density at radius 2 is 1.91 bits per heavy atom. The molecule has 0 radical (unpaired) electrons. The fourth-order valence-electron chi connectivity index (χ4n) is 3.06. The van der Waals surface area contributed by atoms with Crippen molar-refractivity contribution in [3.63, 3.8) is 0 Å². The Labute approximate surface area is 198 Å². The van der Waals surface area contributed by atoms with Crippen LogP contribution in [-0.4, -0.2) is 22.8 Å². The number of hydrogen-bond acceptors (Lipinski definition) is 6. The van der Waals surface area contributed by atoms with Crippen LogP contribution in [0.4, 0.5) is 10.8 Å². The van der Waals surface area contributed by atoms with Gasteiger partial charge in [0.05, 0.1) is 22.0 Å². The highest BCUT2D eigenvalue weighted by atomic mass is 35.5. The summed E-state index contributed by atoms with van der Waals surface area (Å²) in [7, 11) is 0. The summed E-state index contributed by atoms with van der Waals surface area (Å²) in [5, 5.41) is 3.03. The van der Waals surface area contributed by atoms with Crippen LogP contribution in [0, 0.1) is 13.8 Å². The van der Waals surface area contributed by atoms with Crippen LogP contribution in [0.3, 0.4) is 0 Å². The monoisotopic (exact) mass is 485 g/mol. The number of carbonyl (C=O) groups is 2. The van der Waals surface area contributed by atoms with E-state index in [0.717, 1.165) is 16.8 Å². The van der Waals surface area contributed by atoms with Gasteiger partial charge in [-0.15, -0.1) is 11.3 Å². The van der Waals surface area contributed by atoms with Gasteiger partial charge in [0.1, 0.15) is 0 Å². The van der Waals surface area contributed by atoms with Crippen molar-refractivity contribution in [1.82, 2.24) is 4.98 Å². The topological polar surface area (TPSA) is 71.9 Å². The quantitative estimate of drug-likeness (QED) is 0.330. The first-order valence-corrected chi connectivity index (χ1v) is 11.2. The van der Waals surface area contributed by atoms with Crippen molar-refractivity contribution >= 4 is 69.2 Å². The van der Waals surface area contributed by atoms with Gasteiger partial charge in [-0.2, -0.15) is 0 Å². The Morgan fingerprint density at radius 1 is 1.12 bits per heavy atom. The number of anilines is 2. The number of thiazole rings is 1. The van der Waals surface area contributed by atoms with Gasteiger partial charge in [0.25, 0.3) is 0 Å². The van der Waals surface area contributed by atoms with Crippen LogP contribution in [0.1, 0.15) is 29.3 Å². The van der Waals surface area contributed by atoms with Crippen LogP contribution < -0.4 is 4.90 Å². The number of hydrogen-bond donors (Lipinski definition) is 0. The maximum Gasteiger partial charge on any atom is 0.363 e. The van der Waals surface area contributed by atoms with E-state index in [0.29, 0.717) is 26.4 Å². The van der Waals surface area contributed by atoms with E-state index in [1.165, 1.54) is 29.2 Å². The normalized spacial score (nSPS) is 14.5. The highest BCUT2D eigenvalue weighted by Gasteiger charge is 2.26. The van der Waals surface area contributed by atoms with Gasteiger partial charge in [0.2, 0.25) is 11.8 Å². The van der Waals surface area contributed by atoms with E-state index in [1.807, 2.05) is 32.0 Å². The fraction of sp³-hybridized carbons (Fsp3) is 0.130. The number of carbonyl (C=O) groups excluding carboxylic acids is 2. The lowest BCUT2D eigenvalue weighted by Gasteiger charge is -2.19. The molecule has 0 spiro atoms. The first kappa shape index (κ1) is 22.2. The third-order valence-electron chi connectivity index (χ3n) is 4.83. The third-order valence-corrected chi connectivity index (χ3v) is 6.22. The van der Waals surface area contributed by atoms with E-state index < -0.39 is 5.97 Å². The lowest BCUT2D eigenvalue weighted by Crippen LogP contribution is -2.22. The van der Waals surface area contributed by atoms with Gasteiger partial charge < -0.3 is 4.74 Å². The Morgan fingerprint density at radius 3 is 2.59 bits per heavy atom. The predicted molar refractivity (Wildman–Crippen MR) is 128 cm³/mol. The summed E-state index contributed by atoms with van der Waals surface area (Å²) < 4.78 is 5.27. The van der Waals surface area contributed by atoms with Crippen LogP contribution in [0.15, 0.2) is 52.5 Å². The van der Waals surface area contributed by atoms with E-state index in [-0.39, 0.29) is 17.5 Å². The third kappa shape index (κ3) is 4.46. The summed E-state index contributed by atoms with van der Waals surface area (Å²) in [6, 6.07) is 10.6. The zero-order valence-electron chi connectivity index (χ0n) is 17.3. The summed E-state index contributed by atoms with van der Waals surface area (Å²) in [5.41, 5.74) is 3.97. The molecule has 32 heavy (non-hydrogen) atoms. The molecule has 1 aliphatic rings. The summed E-state index contributed by atoms with van der Waals surface area (Å²) >= 11 is 13.4. The van der Waals surface area contributed by atoms with Gasteiger partial charge in [-0.05, 0) is 61.4 Å². The van der Waals surface area contributed by atoms with Gasteiger partial charge in [-0.1, -0.05) is 29.3 Å². The molecule has 162 valence electrons. The smallest absolute Gasteiger partial charge is 0.363 e. The van der Waals surface area contributed by atoms with E-state index in [9.17, 15) is 9.59 Å². The molecule has 0 unspecified atom stereocenters. The number of amides is 1. The first-order chi connectivity index (χ1) is 15.2. The molecule has 9 heteroatoms. The summed E-state index contributed by atoms with van der Waals surface area (Å²) in [6.07, 6.45) is 1.51. The van der Waals surface area contributed by atoms with Crippen LogP contribution >= 0.6 is 34.5 Å². The number of rotatable bonds is 4. The molecule has 1 aliphatic heterocycles. The summed E-state index contributed by atoms with van der Waals surface area (Å²) in [6.45, 7) is 5.48. The molecule has 0 saturated carbocycles. The maximum absolute atomic E-state index is 12.4. The number of aliphatic imine (C=N–C) groups is 1. The molecule has 0 aliphatic carbocycles. The number of esters is 1. The molecule has 0 saturated heterocycles. The predicted octanol–water partition coefficient (Wildman–Crippen LogP) is 6.10. The highest BCUT2D eigenvalue weighted by molar-refractivity contribution is 7.14. The van der Waals surface area contributed by atoms with Crippen LogP contribution in [0.5, 0.6) is 0 Å². The van der Waals surface area contributed by atoms with Crippen molar-refractivity contribution in [1.29, 1.82) is 0 Å². The van der Waals surface area contributed by atoms with Crippen molar-refractivity contribution in [2.24, 2.45) is 4.99 Å². The van der Waals surface area contributed by atoms with E-state index in [2.05, 4.69) is 9.98 Å². The van der Waals surface area contributed by atoms with Gasteiger partial charge in [-0.3, -0.25) is 9.69 Å². The Hall–Kier alpha value is -3.00. The van der Waals surface area contributed by atoms with Crippen LogP contribution in [0.25, 0.3) is 6.08 Å². The Bertz CT molecular complexity index is 1310. The molecule has 0 bridgehead atoms. The van der Waals surface area contributed by atoms with Gasteiger partial charge in [0.15, 0.2) is 10.8 Å². The van der Waals surface area contributed by atoms with E-state index in [4.69, 9.17) is 27.9 Å². The lowest BCUT2D eigenvalue weighted by molar-refractivity contribution is -0.130. The average Bonchev–Trinajstić information content (AvgIpc) is 3.32. The number of halogens is 2. The molecule has 3 aromatic rings. The Kier molecular flexibility index (Phi) is 6.15. The molecule has 0 fully saturated rings. The SMILES string of the molecule is CC(=O)N(c1ccc(C)c(C)c1)c1nc(/C=C2/N=C(c3ccc(Cl)cc3Cl)OC2=O)cs1. The van der Waals surface area contributed by atoms with E-state index >= 15 is 0 Å². The molecule has 0 N–H and O–H groups in total. The molecule has 2 heterocycles.